The van der Waals surface area contributed by atoms with Crippen LogP contribution in [0.25, 0.3) is 0 Å². The summed E-state index contributed by atoms with van der Waals surface area (Å²) in [7, 11) is 0. The van der Waals surface area contributed by atoms with Gasteiger partial charge in [-0.1, -0.05) is 53.5 Å². The van der Waals surface area contributed by atoms with Crippen molar-refractivity contribution < 1.29 is 14.4 Å². The van der Waals surface area contributed by atoms with Crippen molar-refractivity contribution in [3.8, 4) is 0 Å². The molecule has 1 aliphatic rings. The van der Waals surface area contributed by atoms with E-state index in [2.05, 4.69) is 10.6 Å². The molecule has 1 aliphatic heterocycles. The van der Waals surface area contributed by atoms with Crippen LogP contribution >= 0.6 is 23.2 Å². The van der Waals surface area contributed by atoms with Gasteiger partial charge in [0.25, 0.3) is 5.91 Å². The van der Waals surface area contributed by atoms with Crippen LogP contribution in [0.15, 0.2) is 48.5 Å². The zero-order chi connectivity index (χ0) is 19.6. The summed E-state index contributed by atoms with van der Waals surface area (Å²) in [5.74, 6) is -0.957. The molecule has 1 saturated heterocycles. The molecular formula is C19H17Cl2N3O3. The number of imide groups is 1. The molecule has 0 radical (unpaired) electrons. The molecule has 0 aliphatic carbocycles. The van der Waals surface area contributed by atoms with E-state index < -0.39 is 23.4 Å². The second kappa shape index (κ2) is 7.58. The number of carbonyl (C=O) groups excluding carboxylic acids is 3. The number of benzene rings is 2. The Kier molecular flexibility index (Phi) is 5.39. The fraction of sp³-hybridized carbons (Fsp3) is 0.211. The molecule has 1 fully saturated rings. The topological polar surface area (TPSA) is 78.5 Å². The summed E-state index contributed by atoms with van der Waals surface area (Å²) in [6.45, 7) is 1.42. The first-order chi connectivity index (χ1) is 12.8. The lowest BCUT2D eigenvalue weighted by Crippen LogP contribution is -2.43. The summed E-state index contributed by atoms with van der Waals surface area (Å²) < 4.78 is 0. The van der Waals surface area contributed by atoms with E-state index in [0.717, 1.165) is 10.5 Å². The van der Waals surface area contributed by atoms with E-state index in [-0.39, 0.29) is 13.1 Å². The van der Waals surface area contributed by atoms with Crippen LogP contribution in [0.1, 0.15) is 18.1 Å². The fourth-order valence-corrected chi connectivity index (χ4v) is 3.18. The maximum atomic E-state index is 12.8. The van der Waals surface area contributed by atoms with Crippen LogP contribution in [0, 0.1) is 0 Å². The monoisotopic (exact) mass is 405 g/mol. The lowest BCUT2D eigenvalue weighted by atomic mass is 9.92. The number of hydrogen-bond donors (Lipinski definition) is 2. The second-order valence-electron chi connectivity index (χ2n) is 6.32. The van der Waals surface area contributed by atoms with Crippen LogP contribution in [-0.2, 0) is 21.7 Å². The maximum absolute atomic E-state index is 12.8. The van der Waals surface area contributed by atoms with Crippen LogP contribution < -0.4 is 10.6 Å². The summed E-state index contributed by atoms with van der Waals surface area (Å²) in [4.78, 5) is 38.2. The van der Waals surface area contributed by atoms with Crippen molar-refractivity contribution in [3.05, 3.63) is 69.7 Å². The van der Waals surface area contributed by atoms with Gasteiger partial charge in [-0.05, 0) is 36.2 Å². The van der Waals surface area contributed by atoms with Gasteiger partial charge in [-0.25, -0.2) is 4.79 Å². The molecule has 27 heavy (non-hydrogen) atoms. The summed E-state index contributed by atoms with van der Waals surface area (Å²) in [6.07, 6.45) is 0. The third-order valence-corrected chi connectivity index (χ3v) is 5.05. The number of nitrogens with zero attached hydrogens (tertiary/aromatic N) is 1. The summed E-state index contributed by atoms with van der Waals surface area (Å²) in [6, 6.07) is 13.1. The number of hydrogen-bond acceptors (Lipinski definition) is 3. The lowest BCUT2D eigenvalue weighted by molar-refractivity contribution is -0.134. The molecule has 4 amide bonds. The Morgan fingerprint density at radius 1 is 1.11 bits per heavy atom. The second-order valence-corrected chi connectivity index (χ2v) is 7.17. The molecule has 6 nitrogen and oxygen atoms in total. The lowest BCUT2D eigenvalue weighted by Gasteiger charge is -2.22. The van der Waals surface area contributed by atoms with Crippen molar-refractivity contribution in [2.75, 3.05) is 6.54 Å². The predicted octanol–water partition coefficient (Wildman–Crippen LogP) is 3.08. The van der Waals surface area contributed by atoms with Gasteiger partial charge in [0.15, 0.2) is 0 Å². The van der Waals surface area contributed by atoms with E-state index in [9.17, 15) is 14.4 Å². The Bertz CT molecular complexity index is 901. The average molecular weight is 406 g/mol. The molecule has 1 atom stereocenters. The average Bonchev–Trinajstić information content (AvgIpc) is 2.85. The Balaban J connectivity index is 1.67. The van der Waals surface area contributed by atoms with Crippen molar-refractivity contribution in [1.82, 2.24) is 15.5 Å². The Labute approximate surface area is 166 Å². The van der Waals surface area contributed by atoms with Crippen LogP contribution in [0.5, 0.6) is 0 Å². The molecule has 1 heterocycles. The summed E-state index contributed by atoms with van der Waals surface area (Å²) >= 11 is 11.9. The zero-order valence-corrected chi connectivity index (χ0v) is 16.0. The van der Waals surface area contributed by atoms with Crippen molar-refractivity contribution in [1.29, 1.82) is 0 Å². The summed E-state index contributed by atoms with van der Waals surface area (Å²) in [5.41, 5.74) is 0.0879. The highest BCUT2D eigenvalue weighted by Gasteiger charge is 2.49. The Morgan fingerprint density at radius 3 is 2.44 bits per heavy atom. The first-order valence-electron chi connectivity index (χ1n) is 8.21. The quantitative estimate of drug-likeness (QED) is 0.750. The minimum absolute atomic E-state index is 0.205. The molecule has 0 aromatic heterocycles. The van der Waals surface area contributed by atoms with E-state index in [1.165, 1.54) is 0 Å². The number of carbonyl (C=O) groups is 3. The molecule has 8 heteroatoms. The molecule has 2 N–H and O–H groups in total. The minimum Gasteiger partial charge on any atom is -0.350 e. The third-order valence-electron chi connectivity index (χ3n) is 4.43. The van der Waals surface area contributed by atoms with Crippen LogP contribution in [0.2, 0.25) is 10.0 Å². The maximum Gasteiger partial charge on any atom is 0.325 e. The smallest absolute Gasteiger partial charge is 0.325 e. The van der Waals surface area contributed by atoms with E-state index in [4.69, 9.17) is 23.2 Å². The Morgan fingerprint density at radius 2 is 1.78 bits per heavy atom. The number of amides is 4. The van der Waals surface area contributed by atoms with Crippen molar-refractivity contribution in [2.24, 2.45) is 0 Å². The normalized spacial score (nSPS) is 19.1. The van der Waals surface area contributed by atoms with Crippen molar-refractivity contribution in [3.63, 3.8) is 0 Å². The molecule has 0 spiro atoms. The van der Waals surface area contributed by atoms with Crippen LogP contribution in [-0.4, -0.2) is 29.3 Å². The molecule has 0 bridgehead atoms. The highest BCUT2D eigenvalue weighted by Crippen LogP contribution is 2.29. The first kappa shape index (κ1) is 19.2. The van der Waals surface area contributed by atoms with Gasteiger partial charge in [-0.2, -0.15) is 0 Å². The van der Waals surface area contributed by atoms with Gasteiger partial charge in [0, 0.05) is 16.6 Å². The predicted molar refractivity (Wildman–Crippen MR) is 102 cm³/mol. The standard InChI is InChI=1S/C19H17Cl2N3O3/c1-19(13-6-8-14(20)9-7-13)17(26)24(18(27)23-19)11-16(25)22-10-12-4-2-3-5-15(12)21/h2-9H,10-11H2,1H3,(H,22,25)(H,23,27). The molecular weight excluding hydrogens is 389 g/mol. The van der Waals surface area contributed by atoms with Crippen molar-refractivity contribution >= 4 is 41.0 Å². The fourth-order valence-electron chi connectivity index (χ4n) is 2.85. The van der Waals surface area contributed by atoms with Crippen LogP contribution in [0.3, 0.4) is 0 Å². The van der Waals surface area contributed by atoms with Gasteiger partial charge in [-0.3, -0.25) is 14.5 Å². The van der Waals surface area contributed by atoms with Gasteiger partial charge >= 0.3 is 6.03 Å². The van der Waals surface area contributed by atoms with Gasteiger partial charge in [0.05, 0.1) is 0 Å². The molecule has 0 saturated carbocycles. The SMILES string of the molecule is CC1(c2ccc(Cl)cc2)NC(=O)N(CC(=O)NCc2ccccc2Cl)C1=O. The highest BCUT2D eigenvalue weighted by atomic mass is 35.5. The van der Waals surface area contributed by atoms with Gasteiger partial charge in [0.2, 0.25) is 5.91 Å². The zero-order valence-electron chi connectivity index (χ0n) is 14.5. The molecule has 2 aromatic carbocycles. The molecule has 1 unspecified atom stereocenters. The largest absolute Gasteiger partial charge is 0.350 e. The van der Waals surface area contributed by atoms with Gasteiger partial charge in [-0.15, -0.1) is 0 Å². The van der Waals surface area contributed by atoms with Crippen molar-refractivity contribution in [2.45, 2.75) is 19.0 Å². The Hall–Kier alpha value is -2.57. The van der Waals surface area contributed by atoms with Crippen LogP contribution in [0.4, 0.5) is 4.79 Å². The minimum atomic E-state index is -1.25. The van der Waals surface area contributed by atoms with E-state index >= 15 is 0 Å². The van der Waals surface area contributed by atoms with Gasteiger partial charge in [0.1, 0.15) is 12.1 Å². The molecule has 3 rings (SSSR count). The highest BCUT2D eigenvalue weighted by molar-refractivity contribution is 6.31. The van der Waals surface area contributed by atoms with E-state index in [0.29, 0.717) is 15.6 Å². The number of rotatable bonds is 5. The number of halogens is 2. The number of nitrogens with one attached hydrogen (secondary N) is 2. The van der Waals surface area contributed by atoms with Gasteiger partial charge < -0.3 is 10.6 Å². The van der Waals surface area contributed by atoms with E-state index in [1.54, 1.807) is 49.4 Å². The molecule has 2 aromatic rings. The third kappa shape index (κ3) is 3.91. The van der Waals surface area contributed by atoms with E-state index in [1.807, 2.05) is 6.07 Å². The number of urea groups is 1. The first-order valence-corrected chi connectivity index (χ1v) is 8.97. The summed E-state index contributed by atoms with van der Waals surface area (Å²) in [5, 5.41) is 6.37. The molecule has 140 valence electrons.